The van der Waals surface area contributed by atoms with Gasteiger partial charge in [-0.25, -0.2) is 4.68 Å². The van der Waals surface area contributed by atoms with Crippen LogP contribution in [0.5, 0.6) is 0 Å². The molecule has 0 radical (unpaired) electrons. The van der Waals surface area contributed by atoms with Crippen LogP contribution in [0.2, 0.25) is 0 Å². The van der Waals surface area contributed by atoms with Crippen molar-refractivity contribution in [3.8, 4) is 0 Å². The maximum atomic E-state index is 11.5. The highest BCUT2D eigenvalue weighted by atomic mass is 79.9. The number of anilines is 1. The zero-order valence-electron chi connectivity index (χ0n) is 8.30. The first-order valence-corrected chi connectivity index (χ1v) is 5.36. The van der Waals surface area contributed by atoms with E-state index >= 15 is 0 Å². The largest absolute Gasteiger partial charge is 0.397 e. The van der Waals surface area contributed by atoms with E-state index in [0.717, 1.165) is 10.0 Å². The minimum atomic E-state index is -0.222. The highest BCUT2D eigenvalue weighted by Gasteiger charge is 2.00. The number of nitrogens with two attached hydrogens (primary N) is 1. The molecule has 6 heteroatoms. The molecule has 2 aromatic heterocycles. The standard InChI is InChI=1S/C10H9BrN4O/c11-8-1-7(3-13-4-8)6-15-10(16)2-9(12)5-14-15/h1-5H,6,12H2. The lowest BCUT2D eigenvalue weighted by Crippen LogP contribution is -2.22. The molecular weight excluding hydrogens is 272 g/mol. The highest BCUT2D eigenvalue weighted by molar-refractivity contribution is 9.10. The summed E-state index contributed by atoms with van der Waals surface area (Å²) >= 11 is 3.32. The summed E-state index contributed by atoms with van der Waals surface area (Å²) in [7, 11) is 0. The summed E-state index contributed by atoms with van der Waals surface area (Å²) in [5.41, 5.74) is 6.49. The van der Waals surface area contributed by atoms with Gasteiger partial charge in [0.15, 0.2) is 0 Å². The van der Waals surface area contributed by atoms with Crippen molar-refractivity contribution in [1.29, 1.82) is 0 Å². The molecule has 0 fully saturated rings. The van der Waals surface area contributed by atoms with Gasteiger partial charge in [0, 0.05) is 22.9 Å². The molecule has 0 spiro atoms. The zero-order chi connectivity index (χ0) is 11.5. The van der Waals surface area contributed by atoms with Gasteiger partial charge in [-0.2, -0.15) is 5.10 Å². The maximum Gasteiger partial charge on any atom is 0.269 e. The van der Waals surface area contributed by atoms with Gasteiger partial charge >= 0.3 is 0 Å². The van der Waals surface area contributed by atoms with Crippen molar-refractivity contribution in [2.75, 3.05) is 5.73 Å². The van der Waals surface area contributed by atoms with E-state index in [1.54, 1.807) is 12.4 Å². The van der Waals surface area contributed by atoms with Crippen LogP contribution in [-0.2, 0) is 6.54 Å². The van der Waals surface area contributed by atoms with Gasteiger partial charge in [-0.15, -0.1) is 0 Å². The predicted molar refractivity (Wildman–Crippen MR) is 63.9 cm³/mol. The third-order valence-corrected chi connectivity index (χ3v) is 2.42. The van der Waals surface area contributed by atoms with Crippen LogP contribution in [-0.4, -0.2) is 14.8 Å². The Kier molecular flexibility index (Phi) is 3.00. The number of pyridine rings is 1. The number of halogens is 1. The summed E-state index contributed by atoms with van der Waals surface area (Å²) in [4.78, 5) is 15.5. The summed E-state index contributed by atoms with van der Waals surface area (Å²) < 4.78 is 2.20. The second-order valence-electron chi connectivity index (χ2n) is 3.30. The molecular formula is C10H9BrN4O. The fourth-order valence-electron chi connectivity index (χ4n) is 1.28. The third kappa shape index (κ3) is 2.46. The molecule has 0 aliphatic rings. The van der Waals surface area contributed by atoms with Crippen molar-refractivity contribution < 1.29 is 0 Å². The van der Waals surface area contributed by atoms with E-state index in [0.29, 0.717) is 12.2 Å². The van der Waals surface area contributed by atoms with Crippen LogP contribution in [0.25, 0.3) is 0 Å². The topological polar surface area (TPSA) is 73.8 Å². The van der Waals surface area contributed by atoms with E-state index in [9.17, 15) is 4.79 Å². The molecule has 0 amide bonds. The molecule has 0 aromatic carbocycles. The van der Waals surface area contributed by atoms with Crippen LogP contribution in [0.15, 0.2) is 40.0 Å². The Balaban J connectivity index is 2.31. The van der Waals surface area contributed by atoms with E-state index in [2.05, 4.69) is 26.0 Å². The quantitative estimate of drug-likeness (QED) is 0.892. The molecule has 0 aliphatic carbocycles. The summed E-state index contributed by atoms with van der Waals surface area (Å²) in [6.07, 6.45) is 4.82. The first-order chi connectivity index (χ1) is 7.65. The molecule has 0 bridgehead atoms. The minimum absolute atomic E-state index is 0.222. The van der Waals surface area contributed by atoms with E-state index in [-0.39, 0.29) is 5.56 Å². The molecule has 0 unspecified atom stereocenters. The van der Waals surface area contributed by atoms with E-state index in [4.69, 9.17) is 5.73 Å². The Hall–Kier alpha value is -1.69. The van der Waals surface area contributed by atoms with Crippen molar-refractivity contribution in [2.24, 2.45) is 0 Å². The number of hydrogen-bond donors (Lipinski definition) is 1. The van der Waals surface area contributed by atoms with Crippen LogP contribution in [0.4, 0.5) is 5.69 Å². The SMILES string of the molecule is Nc1cnn(Cc2cncc(Br)c2)c(=O)c1. The number of aromatic nitrogens is 3. The van der Waals surface area contributed by atoms with Gasteiger partial charge in [0.2, 0.25) is 0 Å². The summed E-state index contributed by atoms with van der Waals surface area (Å²) in [5, 5.41) is 3.94. The monoisotopic (exact) mass is 280 g/mol. The van der Waals surface area contributed by atoms with Crippen LogP contribution in [0.1, 0.15) is 5.56 Å². The Morgan fingerprint density at radius 2 is 2.12 bits per heavy atom. The molecule has 0 saturated carbocycles. The number of rotatable bonds is 2. The zero-order valence-corrected chi connectivity index (χ0v) is 9.89. The van der Waals surface area contributed by atoms with Crippen molar-refractivity contribution in [2.45, 2.75) is 6.54 Å². The average molecular weight is 281 g/mol. The lowest BCUT2D eigenvalue weighted by atomic mass is 10.3. The molecule has 16 heavy (non-hydrogen) atoms. The van der Waals surface area contributed by atoms with Crippen molar-refractivity contribution >= 4 is 21.6 Å². The summed E-state index contributed by atoms with van der Waals surface area (Å²) in [5.74, 6) is 0. The lowest BCUT2D eigenvalue weighted by Gasteiger charge is -2.04. The van der Waals surface area contributed by atoms with Crippen molar-refractivity contribution in [3.05, 3.63) is 51.1 Å². The van der Waals surface area contributed by atoms with Gasteiger partial charge in [-0.1, -0.05) is 0 Å². The molecule has 5 nitrogen and oxygen atoms in total. The first-order valence-electron chi connectivity index (χ1n) is 4.57. The maximum absolute atomic E-state index is 11.5. The molecule has 0 aliphatic heterocycles. The fourth-order valence-corrected chi connectivity index (χ4v) is 1.69. The third-order valence-electron chi connectivity index (χ3n) is 1.98. The lowest BCUT2D eigenvalue weighted by molar-refractivity contribution is 0.638. The molecule has 2 N–H and O–H groups in total. The number of nitrogen functional groups attached to an aromatic ring is 1. The van der Waals surface area contributed by atoms with Gasteiger partial charge in [0.05, 0.1) is 18.4 Å². The van der Waals surface area contributed by atoms with E-state index < -0.39 is 0 Å². The van der Waals surface area contributed by atoms with E-state index in [1.165, 1.54) is 16.9 Å². The van der Waals surface area contributed by atoms with Crippen LogP contribution in [0.3, 0.4) is 0 Å². The van der Waals surface area contributed by atoms with Gasteiger partial charge in [0.25, 0.3) is 5.56 Å². The van der Waals surface area contributed by atoms with Gasteiger partial charge in [0.1, 0.15) is 0 Å². The minimum Gasteiger partial charge on any atom is -0.397 e. The summed E-state index contributed by atoms with van der Waals surface area (Å²) in [6.45, 7) is 0.381. The molecule has 82 valence electrons. The van der Waals surface area contributed by atoms with E-state index in [1.807, 2.05) is 6.07 Å². The summed E-state index contributed by atoms with van der Waals surface area (Å²) in [6, 6.07) is 3.23. The Labute approximate surface area is 100 Å². The molecule has 2 rings (SSSR count). The Bertz CT molecular complexity index is 567. The van der Waals surface area contributed by atoms with Crippen LogP contribution >= 0.6 is 15.9 Å². The molecule has 2 aromatic rings. The smallest absolute Gasteiger partial charge is 0.269 e. The average Bonchev–Trinajstić information content (AvgIpc) is 2.22. The first kappa shape index (κ1) is 10.8. The number of hydrogen-bond acceptors (Lipinski definition) is 4. The molecule has 0 saturated heterocycles. The van der Waals surface area contributed by atoms with Gasteiger partial charge in [-0.3, -0.25) is 9.78 Å². The second kappa shape index (κ2) is 4.44. The Morgan fingerprint density at radius 3 is 2.81 bits per heavy atom. The highest BCUT2D eigenvalue weighted by Crippen LogP contribution is 2.09. The normalized spacial score (nSPS) is 10.3. The van der Waals surface area contributed by atoms with Gasteiger partial charge in [-0.05, 0) is 27.6 Å². The van der Waals surface area contributed by atoms with Crippen molar-refractivity contribution in [3.63, 3.8) is 0 Å². The molecule has 0 atom stereocenters. The van der Waals surface area contributed by atoms with Crippen LogP contribution < -0.4 is 11.3 Å². The second-order valence-corrected chi connectivity index (χ2v) is 4.21. The number of nitrogens with zero attached hydrogens (tertiary/aromatic N) is 3. The van der Waals surface area contributed by atoms with Crippen LogP contribution in [0, 0.1) is 0 Å². The van der Waals surface area contributed by atoms with Gasteiger partial charge < -0.3 is 5.73 Å². The Morgan fingerprint density at radius 1 is 1.31 bits per heavy atom. The fraction of sp³-hybridized carbons (Fsp3) is 0.100. The molecule has 2 heterocycles. The predicted octanol–water partition coefficient (Wildman–Crippen LogP) is 1.03. The van der Waals surface area contributed by atoms with Crippen molar-refractivity contribution in [1.82, 2.24) is 14.8 Å².